The molecule has 0 radical (unpaired) electrons. The first kappa shape index (κ1) is 14.3. The summed E-state index contributed by atoms with van der Waals surface area (Å²) in [6.45, 7) is 0.669. The Bertz CT molecular complexity index is 469. The number of carboxylic acid groups (broad SMARTS) is 1. The van der Waals surface area contributed by atoms with Crippen molar-refractivity contribution in [3.63, 3.8) is 0 Å². The van der Waals surface area contributed by atoms with Gasteiger partial charge in [-0.2, -0.15) is 0 Å². The molecule has 2 rings (SSSR count). The van der Waals surface area contributed by atoms with Crippen LogP contribution in [0.2, 0.25) is 0 Å². The number of carbonyl (C=O) groups is 2. The molecule has 0 unspecified atom stereocenters. The van der Waals surface area contributed by atoms with Gasteiger partial charge in [-0.25, -0.2) is 9.48 Å². The second-order valence-corrected chi connectivity index (χ2v) is 5.00. The monoisotopic (exact) mass is 281 g/mol. The summed E-state index contributed by atoms with van der Waals surface area (Å²) >= 11 is 0. The van der Waals surface area contributed by atoms with Crippen LogP contribution < -0.4 is 10.6 Å². The Balaban J connectivity index is 1.59. The number of hydrogen-bond donors (Lipinski definition) is 3. The molecule has 1 aliphatic carbocycles. The van der Waals surface area contributed by atoms with E-state index in [-0.39, 0.29) is 19.1 Å². The van der Waals surface area contributed by atoms with E-state index in [1.54, 1.807) is 0 Å². The number of carboxylic acids is 1. The lowest BCUT2D eigenvalue weighted by Gasteiger charge is -2.05. The summed E-state index contributed by atoms with van der Waals surface area (Å²) in [5.74, 6) is -0.105. The highest BCUT2D eigenvalue weighted by molar-refractivity contribution is 5.73. The third-order valence-corrected chi connectivity index (χ3v) is 3.09. The van der Waals surface area contributed by atoms with Gasteiger partial charge >= 0.3 is 12.0 Å². The molecule has 0 saturated heterocycles. The predicted molar refractivity (Wildman–Crippen MR) is 69.9 cm³/mol. The van der Waals surface area contributed by atoms with Crippen molar-refractivity contribution in [3.05, 3.63) is 11.9 Å². The lowest BCUT2D eigenvalue weighted by molar-refractivity contribution is -0.137. The average Bonchev–Trinajstić information content (AvgIpc) is 3.12. The molecular weight excluding hydrogens is 262 g/mol. The summed E-state index contributed by atoms with van der Waals surface area (Å²) in [7, 11) is 0. The minimum absolute atomic E-state index is 0.230. The maximum atomic E-state index is 11.5. The summed E-state index contributed by atoms with van der Waals surface area (Å²) < 4.78 is 1.22. The summed E-state index contributed by atoms with van der Waals surface area (Å²) in [5, 5.41) is 21.4. The third-order valence-electron chi connectivity index (χ3n) is 3.09. The van der Waals surface area contributed by atoms with Gasteiger partial charge in [-0.05, 0) is 18.8 Å². The zero-order valence-electron chi connectivity index (χ0n) is 11.2. The molecule has 2 amide bonds. The number of hydrogen-bond acceptors (Lipinski definition) is 4. The maximum absolute atomic E-state index is 11.5. The molecule has 1 aromatic rings. The highest BCUT2D eigenvalue weighted by Gasteiger charge is 2.20. The quantitative estimate of drug-likeness (QED) is 0.596. The van der Waals surface area contributed by atoms with Crippen LogP contribution in [0.3, 0.4) is 0 Å². The number of nitrogens with zero attached hydrogens (tertiary/aromatic N) is 3. The fourth-order valence-electron chi connectivity index (χ4n) is 1.87. The molecule has 0 spiro atoms. The number of amides is 2. The van der Waals surface area contributed by atoms with E-state index in [1.165, 1.54) is 30.1 Å². The summed E-state index contributed by atoms with van der Waals surface area (Å²) in [6, 6.07) is -0.242. The van der Waals surface area contributed by atoms with Crippen LogP contribution in [0.1, 0.15) is 31.4 Å². The van der Waals surface area contributed by atoms with E-state index in [1.807, 2.05) is 0 Å². The van der Waals surface area contributed by atoms with E-state index in [9.17, 15) is 9.59 Å². The molecular formula is C12H19N5O3. The van der Waals surface area contributed by atoms with Crippen molar-refractivity contribution in [1.82, 2.24) is 25.6 Å². The van der Waals surface area contributed by atoms with Crippen LogP contribution in [0.15, 0.2) is 6.20 Å². The second kappa shape index (κ2) is 6.88. The van der Waals surface area contributed by atoms with Crippen molar-refractivity contribution in [2.24, 2.45) is 5.92 Å². The number of aromatic nitrogens is 3. The number of rotatable bonds is 8. The zero-order chi connectivity index (χ0) is 14.4. The van der Waals surface area contributed by atoms with Crippen LogP contribution in [0.25, 0.3) is 0 Å². The maximum Gasteiger partial charge on any atom is 0.325 e. The Morgan fingerprint density at radius 3 is 2.90 bits per heavy atom. The minimum atomic E-state index is -0.984. The summed E-state index contributed by atoms with van der Waals surface area (Å²) in [5.41, 5.74) is 0.527. The summed E-state index contributed by atoms with van der Waals surface area (Å²) in [6.07, 6.45) is 6.36. The minimum Gasteiger partial charge on any atom is -0.480 e. The molecule has 0 aliphatic heterocycles. The first-order valence-electron chi connectivity index (χ1n) is 6.76. The molecule has 3 N–H and O–H groups in total. The van der Waals surface area contributed by atoms with Gasteiger partial charge in [0.2, 0.25) is 0 Å². The van der Waals surface area contributed by atoms with E-state index in [4.69, 9.17) is 5.11 Å². The Labute approximate surface area is 116 Å². The van der Waals surface area contributed by atoms with E-state index in [0.717, 1.165) is 12.3 Å². The Morgan fingerprint density at radius 1 is 1.40 bits per heavy atom. The Hall–Kier alpha value is -2.12. The standard InChI is InChI=1S/C12H19N5O3/c18-11(19)8-17-7-10(15-16-17)6-14-12(20)13-5-1-2-9-3-4-9/h7,9H,1-6,8H2,(H,18,19)(H2,13,14,20). The van der Waals surface area contributed by atoms with Crippen molar-refractivity contribution in [2.45, 2.75) is 38.8 Å². The van der Waals surface area contributed by atoms with Crippen LogP contribution >= 0.6 is 0 Å². The number of carbonyl (C=O) groups excluding carboxylic acids is 1. The van der Waals surface area contributed by atoms with Gasteiger partial charge in [-0.15, -0.1) is 5.10 Å². The van der Waals surface area contributed by atoms with Gasteiger partial charge in [0.25, 0.3) is 0 Å². The molecule has 0 atom stereocenters. The van der Waals surface area contributed by atoms with E-state index in [2.05, 4.69) is 20.9 Å². The van der Waals surface area contributed by atoms with Gasteiger partial charge in [0, 0.05) is 6.54 Å². The molecule has 20 heavy (non-hydrogen) atoms. The van der Waals surface area contributed by atoms with Gasteiger partial charge in [0.1, 0.15) is 12.2 Å². The fourth-order valence-corrected chi connectivity index (χ4v) is 1.87. The predicted octanol–water partition coefficient (Wildman–Crippen LogP) is 0.352. The molecule has 1 fully saturated rings. The Kier molecular flexibility index (Phi) is 4.91. The molecule has 110 valence electrons. The van der Waals surface area contributed by atoms with Crippen LogP contribution in [-0.2, 0) is 17.9 Å². The third kappa shape index (κ3) is 5.25. The number of urea groups is 1. The van der Waals surface area contributed by atoms with Gasteiger partial charge in [-0.3, -0.25) is 4.79 Å². The normalized spacial score (nSPS) is 14.0. The molecule has 1 heterocycles. The van der Waals surface area contributed by atoms with E-state index in [0.29, 0.717) is 12.2 Å². The summed E-state index contributed by atoms with van der Waals surface area (Å²) in [4.78, 5) is 22.0. The van der Waals surface area contributed by atoms with Crippen LogP contribution in [0.4, 0.5) is 4.79 Å². The Morgan fingerprint density at radius 2 is 2.20 bits per heavy atom. The molecule has 1 aliphatic rings. The first-order chi connectivity index (χ1) is 9.63. The van der Waals surface area contributed by atoms with Crippen LogP contribution in [0.5, 0.6) is 0 Å². The number of nitrogens with one attached hydrogen (secondary N) is 2. The lowest BCUT2D eigenvalue weighted by atomic mass is 10.2. The average molecular weight is 281 g/mol. The van der Waals surface area contributed by atoms with Crippen molar-refractivity contribution >= 4 is 12.0 Å². The van der Waals surface area contributed by atoms with Gasteiger partial charge in [0.05, 0.1) is 12.7 Å². The molecule has 8 nitrogen and oxygen atoms in total. The van der Waals surface area contributed by atoms with Gasteiger partial charge < -0.3 is 15.7 Å². The fraction of sp³-hybridized carbons (Fsp3) is 0.667. The van der Waals surface area contributed by atoms with Crippen molar-refractivity contribution in [2.75, 3.05) is 6.54 Å². The van der Waals surface area contributed by atoms with Gasteiger partial charge in [-0.1, -0.05) is 18.1 Å². The highest BCUT2D eigenvalue weighted by atomic mass is 16.4. The van der Waals surface area contributed by atoms with E-state index >= 15 is 0 Å². The molecule has 8 heteroatoms. The first-order valence-corrected chi connectivity index (χ1v) is 6.76. The van der Waals surface area contributed by atoms with Gasteiger partial charge in [0.15, 0.2) is 0 Å². The van der Waals surface area contributed by atoms with Crippen LogP contribution in [0, 0.1) is 5.92 Å². The second-order valence-electron chi connectivity index (χ2n) is 5.00. The number of aliphatic carboxylic acids is 1. The van der Waals surface area contributed by atoms with Crippen molar-refractivity contribution in [3.8, 4) is 0 Å². The SMILES string of the molecule is O=C(O)Cn1cc(CNC(=O)NCCCC2CC2)nn1. The smallest absolute Gasteiger partial charge is 0.325 e. The van der Waals surface area contributed by atoms with Crippen molar-refractivity contribution in [1.29, 1.82) is 0 Å². The van der Waals surface area contributed by atoms with Crippen molar-refractivity contribution < 1.29 is 14.7 Å². The molecule has 0 aromatic carbocycles. The van der Waals surface area contributed by atoms with Crippen LogP contribution in [-0.4, -0.2) is 38.6 Å². The molecule has 1 saturated carbocycles. The molecule has 1 aromatic heterocycles. The zero-order valence-corrected chi connectivity index (χ0v) is 11.2. The topological polar surface area (TPSA) is 109 Å². The highest BCUT2D eigenvalue weighted by Crippen LogP contribution is 2.33. The lowest BCUT2D eigenvalue weighted by Crippen LogP contribution is -2.35. The van der Waals surface area contributed by atoms with E-state index < -0.39 is 5.97 Å². The largest absolute Gasteiger partial charge is 0.480 e. The molecule has 0 bridgehead atoms.